The van der Waals surface area contributed by atoms with E-state index in [4.69, 9.17) is 4.74 Å². The van der Waals surface area contributed by atoms with Crippen LogP contribution in [-0.4, -0.2) is 36.0 Å². The lowest BCUT2D eigenvalue weighted by Crippen LogP contribution is -2.25. The second kappa shape index (κ2) is 8.30. The molecule has 27 heavy (non-hydrogen) atoms. The highest BCUT2D eigenvalue weighted by atomic mass is 19.3. The number of anilines is 1. The van der Waals surface area contributed by atoms with Crippen molar-refractivity contribution >= 4 is 29.6 Å². The van der Waals surface area contributed by atoms with E-state index in [9.17, 15) is 13.6 Å². The van der Waals surface area contributed by atoms with Gasteiger partial charge in [-0.25, -0.2) is 4.98 Å². The summed E-state index contributed by atoms with van der Waals surface area (Å²) in [6.07, 6.45) is 0.134. The van der Waals surface area contributed by atoms with Crippen molar-refractivity contribution in [2.45, 2.75) is 20.1 Å². The number of nitrogens with zero attached hydrogens (tertiary/aromatic N) is 2. The summed E-state index contributed by atoms with van der Waals surface area (Å²) in [4.78, 5) is 20.8. The van der Waals surface area contributed by atoms with E-state index >= 15 is 0 Å². The summed E-state index contributed by atoms with van der Waals surface area (Å²) in [6, 6.07) is 2.63. The minimum absolute atomic E-state index is 0.0798. The average molecular weight is 380 g/mol. The molecule has 0 unspecified atom stereocenters. The van der Waals surface area contributed by atoms with Crippen molar-refractivity contribution in [1.29, 1.82) is 0 Å². The van der Waals surface area contributed by atoms with Crippen LogP contribution in [0.2, 0.25) is 0 Å². The number of hydrogen-bond donors (Lipinski definition) is 2. The first-order chi connectivity index (χ1) is 12.7. The van der Waals surface area contributed by atoms with Crippen molar-refractivity contribution < 1.29 is 27.8 Å². The van der Waals surface area contributed by atoms with E-state index in [1.54, 1.807) is 19.5 Å². The highest BCUT2D eigenvalue weighted by Gasteiger charge is 2.43. The number of hydrogen-bond acceptors (Lipinski definition) is 6. The van der Waals surface area contributed by atoms with Crippen molar-refractivity contribution in [2.75, 3.05) is 12.4 Å². The molecular weight excluding hydrogens is 362 g/mol. The van der Waals surface area contributed by atoms with E-state index in [0.29, 0.717) is 17.4 Å². The fourth-order valence-electron chi connectivity index (χ4n) is 1.90. The lowest BCUT2D eigenvalue weighted by atomic mass is 10.3. The van der Waals surface area contributed by atoms with E-state index in [-0.39, 0.29) is 17.4 Å². The SMILES string of the molecule is C=C(C)C=N/C=C(\C)OC.O=CNc1nc2cc3c(cc2[nH]1)OC(F)(F)O3. The van der Waals surface area contributed by atoms with Crippen LogP contribution in [0.3, 0.4) is 0 Å². The number of aromatic nitrogens is 2. The highest BCUT2D eigenvalue weighted by molar-refractivity contribution is 5.83. The predicted molar refractivity (Wildman–Crippen MR) is 96.1 cm³/mol. The Morgan fingerprint density at radius 1 is 1.37 bits per heavy atom. The summed E-state index contributed by atoms with van der Waals surface area (Å²) >= 11 is 0. The van der Waals surface area contributed by atoms with Crippen molar-refractivity contribution in [1.82, 2.24) is 9.97 Å². The minimum Gasteiger partial charge on any atom is -0.500 e. The van der Waals surface area contributed by atoms with E-state index in [0.717, 1.165) is 11.3 Å². The first-order valence-corrected chi connectivity index (χ1v) is 7.63. The maximum Gasteiger partial charge on any atom is 0.586 e. The molecule has 0 radical (unpaired) electrons. The Hall–Kier alpha value is -3.43. The molecule has 0 saturated heterocycles. The average Bonchev–Trinajstić information content (AvgIpc) is 3.09. The topological polar surface area (TPSA) is 97.8 Å². The minimum atomic E-state index is -3.65. The number of halogens is 2. The second-order valence-corrected chi connectivity index (χ2v) is 5.40. The quantitative estimate of drug-likeness (QED) is 0.469. The van der Waals surface area contributed by atoms with Crippen LogP contribution < -0.4 is 14.8 Å². The van der Waals surface area contributed by atoms with E-state index in [1.165, 1.54) is 12.1 Å². The van der Waals surface area contributed by atoms with Gasteiger partial charge in [-0.05, 0) is 19.4 Å². The van der Waals surface area contributed by atoms with Gasteiger partial charge >= 0.3 is 6.29 Å². The zero-order valence-corrected chi connectivity index (χ0v) is 14.9. The van der Waals surface area contributed by atoms with Gasteiger partial charge in [-0.3, -0.25) is 15.1 Å². The number of fused-ring (bicyclic) bond motifs is 2. The number of aromatic amines is 1. The smallest absolute Gasteiger partial charge is 0.500 e. The van der Waals surface area contributed by atoms with Crippen LogP contribution in [-0.2, 0) is 9.53 Å². The van der Waals surface area contributed by atoms with Gasteiger partial charge in [0.1, 0.15) is 5.76 Å². The summed E-state index contributed by atoms with van der Waals surface area (Å²) in [5.41, 5.74) is 1.77. The zero-order valence-electron chi connectivity index (χ0n) is 14.9. The second-order valence-electron chi connectivity index (χ2n) is 5.40. The van der Waals surface area contributed by atoms with Gasteiger partial charge in [0.2, 0.25) is 12.4 Å². The molecule has 1 amide bonds. The van der Waals surface area contributed by atoms with Crippen LogP contribution in [0.15, 0.2) is 41.2 Å². The van der Waals surface area contributed by atoms with Crippen LogP contribution in [0.1, 0.15) is 13.8 Å². The molecule has 144 valence electrons. The van der Waals surface area contributed by atoms with Crippen molar-refractivity contribution in [3.63, 3.8) is 0 Å². The van der Waals surface area contributed by atoms with Gasteiger partial charge in [-0.15, -0.1) is 8.78 Å². The molecule has 1 aliphatic rings. The lowest BCUT2D eigenvalue weighted by molar-refractivity contribution is -0.286. The molecular formula is C17H18F2N4O4. The highest BCUT2D eigenvalue weighted by Crippen LogP contribution is 2.42. The Labute approximate surface area is 153 Å². The molecule has 1 aromatic heterocycles. The van der Waals surface area contributed by atoms with Crippen molar-refractivity contribution in [3.05, 3.63) is 36.2 Å². The zero-order chi connectivity index (χ0) is 20.0. The summed E-state index contributed by atoms with van der Waals surface area (Å²) < 4.78 is 38.9. The maximum atomic E-state index is 12.8. The number of rotatable bonds is 5. The first-order valence-electron chi connectivity index (χ1n) is 7.63. The summed E-state index contributed by atoms with van der Waals surface area (Å²) in [5.74, 6) is 0.832. The molecule has 2 heterocycles. The molecule has 1 aliphatic heterocycles. The third kappa shape index (κ3) is 5.53. The Bertz CT molecular complexity index is 861. The molecule has 0 atom stereocenters. The van der Waals surface area contributed by atoms with Gasteiger partial charge in [0.15, 0.2) is 11.5 Å². The largest absolute Gasteiger partial charge is 0.586 e. The van der Waals surface area contributed by atoms with Crippen LogP contribution in [0, 0.1) is 0 Å². The first kappa shape index (κ1) is 19.9. The van der Waals surface area contributed by atoms with Crippen LogP contribution in [0.25, 0.3) is 11.0 Å². The third-order valence-electron chi connectivity index (χ3n) is 3.07. The molecule has 2 N–H and O–H groups in total. The van der Waals surface area contributed by atoms with Crippen molar-refractivity contribution in [3.8, 4) is 11.5 Å². The number of imidazole rings is 1. The standard InChI is InChI=1S/C9H5F2N3O3.C8H13NO/c10-9(11)16-6-1-4-5(2-7(6)17-9)14-8(13-4)12-3-15;1-7(2)5-9-6-8(3)10-4/h1-3H,(H2,12,13,14,15);5-6H,1H2,2-4H3/b;8-6+,9-5?. The molecule has 10 heteroatoms. The molecule has 0 saturated carbocycles. The van der Waals surface area contributed by atoms with Gasteiger partial charge in [-0.1, -0.05) is 6.58 Å². The number of aliphatic imine (C=N–C) groups is 1. The van der Waals surface area contributed by atoms with Gasteiger partial charge in [0.25, 0.3) is 0 Å². The number of alkyl halides is 2. The fraction of sp³-hybridized carbons (Fsp3) is 0.235. The number of carbonyl (C=O) groups is 1. The number of amides is 1. The monoisotopic (exact) mass is 380 g/mol. The number of H-pyrrole nitrogens is 1. The Morgan fingerprint density at radius 3 is 2.63 bits per heavy atom. The summed E-state index contributed by atoms with van der Waals surface area (Å²) in [7, 11) is 1.61. The summed E-state index contributed by atoms with van der Waals surface area (Å²) in [6.45, 7) is 7.39. The number of nitrogens with one attached hydrogen (secondary N) is 2. The number of methoxy groups -OCH3 is 1. The Balaban J connectivity index is 0.000000227. The summed E-state index contributed by atoms with van der Waals surface area (Å²) in [5, 5.41) is 2.31. The molecule has 8 nitrogen and oxygen atoms in total. The predicted octanol–water partition coefficient (Wildman–Crippen LogP) is 3.59. The fourth-order valence-corrected chi connectivity index (χ4v) is 1.90. The van der Waals surface area contributed by atoms with Gasteiger partial charge in [0.05, 0.1) is 24.3 Å². The van der Waals surface area contributed by atoms with Gasteiger partial charge < -0.3 is 19.2 Å². The number of ether oxygens (including phenoxy) is 3. The molecule has 0 spiro atoms. The lowest BCUT2D eigenvalue weighted by Gasteiger charge is -2.04. The normalized spacial score (nSPS) is 14.6. The molecule has 3 rings (SSSR count). The molecule has 0 aliphatic carbocycles. The van der Waals surface area contributed by atoms with Gasteiger partial charge in [-0.2, -0.15) is 0 Å². The van der Waals surface area contributed by atoms with Crippen LogP contribution in [0.4, 0.5) is 14.7 Å². The Morgan fingerprint density at radius 2 is 2.04 bits per heavy atom. The van der Waals surface area contributed by atoms with Gasteiger partial charge in [0, 0.05) is 18.3 Å². The van der Waals surface area contributed by atoms with E-state index in [2.05, 4.69) is 36.3 Å². The molecule has 1 aromatic carbocycles. The number of carbonyl (C=O) groups excluding carboxylic acids is 1. The van der Waals surface area contributed by atoms with Crippen molar-refractivity contribution in [2.24, 2.45) is 4.99 Å². The third-order valence-corrected chi connectivity index (χ3v) is 3.07. The molecule has 0 bridgehead atoms. The van der Waals surface area contributed by atoms with E-state index in [1.807, 2.05) is 13.8 Å². The Kier molecular flexibility index (Phi) is 6.11. The van der Waals surface area contributed by atoms with Crippen LogP contribution in [0.5, 0.6) is 11.5 Å². The maximum absolute atomic E-state index is 12.8. The molecule has 0 fully saturated rings. The van der Waals surface area contributed by atoms with Crippen LogP contribution >= 0.6 is 0 Å². The number of allylic oxidation sites excluding steroid dienone is 2. The van der Waals surface area contributed by atoms with E-state index < -0.39 is 6.29 Å². The molecule has 2 aromatic rings. The number of benzene rings is 1.